The Bertz CT molecular complexity index is 1480. The molecule has 1 fully saturated rings. The van der Waals surface area contributed by atoms with E-state index in [-0.39, 0.29) is 6.10 Å². The van der Waals surface area contributed by atoms with Gasteiger partial charge < -0.3 is 24.5 Å². The quantitative estimate of drug-likeness (QED) is 0.295. The zero-order chi connectivity index (χ0) is 23.8. The maximum absolute atomic E-state index is 6.55. The van der Waals surface area contributed by atoms with Crippen LogP contribution in [-0.2, 0) is 4.74 Å². The van der Waals surface area contributed by atoms with Crippen molar-refractivity contribution in [2.75, 3.05) is 29.9 Å². The molecule has 2 N–H and O–H groups in total. The van der Waals surface area contributed by atoms with E-state index < -0.39 is 0 Å². The lowest BCUT2D eigenvalue weighted by Crippen LogP contribution is -2.41. The molecule has 176 valence electrons. The number of H-pyrrole nitrogens is 1. The molecule has 6 rings (SSSR count). The fourth-order valence-electron chi connectivity index (χ4n) is 4.45. The number of ether oxygens (including phenoxy) is 1. The number of benzene rings is 3. The van der Waals surface area contributed by atoms with Gasteiger partial charge >= 0.3 is 0 Å². The number of hydrogen-bond acceptors (Lipinski definition) is 6. The van der Waals surface area contributed by atoms with Crippen molar-refractivity contribution < 1.29 is 9.26 Å². The van der Waals surface area contributed by atoms with Gasteiger partial charge in [0, 0.05) is 24.3 Å². The van der Waals surface area contributed by atoms with Crippen LogP contribution in [0.2, 0.25) is 5.02 Å². The Morgan fingerprint density at radius 2 is 1.97 bits per heavy atom. The number of nitrogens with zero attached hydrogens (tertiary/aromatic N) is 3. The molecular formula is C27H24ClN5O2. The first-order valence-electron chi connectivity index (χ1n) is 11.6. The summed E-state index contributed by atoms with van der Waals surface area (Å²) in [7, 11) is 0. The van der Waals surface area contributed by atoms with Gasteiger partial charge in [-0.2, -0.15) is 0 Å². The van der Waals surface area contributed by atoms with E-state index in [1.165, 1.54) is 0 Å². The summed E-state index contributed by atoms with van der Waals surface area (Å²) in [5.74, 6) is 1.55. The Balaban J connectivity index is 1.30. The summed E-state index contributed by atoms with van der Waals surface area (Å²) in [5, 5.41) is 9.44. The largest absolute Gasteiger partial charge is 0.375 e. The predicted octanol–water partition coefficient (Wildman–Crippen LogP) is 6.51. The van der Waals surface area contributed by atoms with Crippen LogP contribution in [-0.4, -0.2) is 40.9 Å². The summed E-state index contributed by atoms with van der Waals surface area (Å²) in [6.07, 6.45) is 1.98. The topological polar surface area (TPSA) is 79.2 Å². The summed E-state index contributed by atoms with van der Waals surface area (Å²) in [5.41, 5.74) is 5.23. The lowest BCUT2D eigenvalue weighted by molar-refractivity contribution is 0.0528. The molecule has 35 heavy (non-hydrogen) atoms. The van der Waals surface area contributed by atoms with Gasteiger partial charge in [-0.3, -0.25) is 0 Å². The van der Waals surface area contributed by atoms with Crippen LogP contribution in [0.3, 0.4) is 0 Å². The highest BCUT2D eigenvalue weighted by molar-refractivity contribution is 6.33. The lowest BCUT2D eigenvalue weighted by atomic mass is 10.1. The first-order valence-corrected chi connectivity index (χ1v) is 12.0. The number of nitrogens with one attached hydrogen (secondary N) is 2. The van der Waals surface area contributed by atoms with Crippen molar-refractivity contribution >= 4 is 39.8 Å². The standard InChI is InChI=1S/C27H24ClN5O2/c1-17-16-33(12-13-34-17)27-20-8-5-9-23(25(20)35-32-27)30-19-10-11-22(28)21(14-19)26-29-15-24(31-26)18-6-3-2-4-7-18/h2-11,14-15,17,30H,12-13,16H2,1H3,(H,29,31)/t17-/m0/s1. The van der Waals surface area contributed by atoms with Crippen molar-refractivity contribution in [2.24, 2.45) is 0 Å². The maximum Gasteiger partial charge on any atom is 0.192 e. The molecule has 3 heterocycles. The lowest BCUT2D eigenvalue weighted by Gasteiger charge is -2.30. The number of anilines is 3. The van der Waals surface area contributed by atoms with Crippen molar-refractivity contribution in [1.82, 2.24) is 15.1 Å². The Morgan fingerprint density at radius 3 is 2.83 bits per heavy atom. The van der Waals surface area contributed by atoms with Crippen molar-refractivity contribution in [3.05, 3.63) is 77.9 Å². The van der Waals surface area contributed by atoms with E-state index in [9.17, 15) is 0 Å². The van der Waals surface area contributed by atoms with Gasteiger partial charge in [0.1, 0.15) is 5.82 Å². The average molecular weight is 486 g/mol. The van der Waals surface area contributed by atoms with Crippen LogP contribution in [0.25, 0.3) is 33.6 Å². The number of halogens is 1. The van der Waals surface area contributed by atoms with Gasteiger partial charge in [0.05, 0.1) is 40.7 Å². The molecule has 2 aromatic heterocycles. The van der Waals surface area contributed by atoms with Crippen molar-refractivity contribution in [3.63, 3.8) is 0 Å². The second-order valence-corrected chi connectivity index (χ2v) is 9.05. The Labute approximate surface area is 207 Å². The molecule has 3 aromatic carbocycles. The molecule has 0 unspecified atom stereocenters. The molecule has 0 spiro atoms. The van der Waals surface area contributed by atoms with Gasteiger partial charge in [-0.05, 0) is 42.8 Å². The van der Waals surface area contributed by atoms with Crippen LogP contribution in [0.4, 0.5) is 17.2 Å². The molecular weight excluding hydrogens is 462 g/mol. The average Bonchev–Trinajstić information content (AvgIpc) is 3.54. The van der Waals surface area contributed by atoms with E-state index in [4.69, 9.17) is 20.9 Å². The van der Waals surface area contributed by atoms with Crippen molar-refractivity contribution in [3.8, 4) is 22.6 Å². The van der Waals surface area contributed by atoms with E-state index >= 15 is 0 Å². The van der Waals surface area contributed by atoms with Gasteiger partial charge in [-0.25, -0.2) is 4.98 Å². The van der Waals surface area contributed by atoms with Crippen LogP contribution in [0, 0.1) is 0 Å². The highest BCUT2D eigenvalue weighted by atomic mass is 35.5. The number of imidazole rings is 1. The fraction of sp³-hybridized carbons (Fsp3) is 0.185. The molecule has 7 nitrogen and oxygen atoms in total. The van der Waals surface area contributed by atoms with Gasteiger partial charge in [-0.1, -0.05) is 53.2 Å². The minimum Gasteiger partial charge on any atom is -0.375 e. The number of para-hydroxylation sites is 1. The monoisotopic (exact) mass is 485 g/mol. The summed E-state index contributed by atoms with van der Waals surface area (Å²) < 4.78 is 11.5. The molecule has 1 atom stereocenters. The molecule has 5 aromatic rings. The molecule has 0 radical (unpaired) electrons. The normalized spacial score (nSPS) is 16.1. The number of morpholine rings is 1. The van der Waals surface area contributed by atoms with E-state index in [0.717, 1.165) is 52.5 Å². The van der Waals surface area contributed by atoms with Gasteiger partial charge in [0.2, 0.25) is 0 Å². The van der Waals surface area contributed by atoms with E-state index in [0.29, 0.717) is 23.0 Å². The fourth-order valence-corrected chi connectivity index (χ4v) is 4.66. The molecule has 1 saturated heterocycles. The molecule has 0 bridgehead atoms. The molecule has 8 heteroatoms. The number of aromatic nitrogens is 3. The van der Waals surface area contributed by atoms with Crippen LogP contribution in [0.5, 0.6) is 0 Å². The smallest absolute Gasteiger partial charge is 0.192 e. The Kier molecular flexibility index (Phi) is 5.64. The number of rotatable bonds is 5. The number of aromatic amines is 1. The zero-order valence-corrected chi connectivity index (χ0v) is 19.9. The third-order valence-corrected chi connectivity index (χ3v) is 6.51. The first kappa shape index (κ1) is 21.7. The maximum atomic E-state index is 6.55. The highest BCUT2D eigenvalue weighted by Crippen LogP contribution is 2.35. The predicted molar refractivity (Wildman–Crippen MR) is 139 cm³/mol. The Hall–Kier alpha value is -3.81. The number of hydrogen-bond donors (Lipinski definition) is 2. The summed E-state index contributed by atoms with van der Waals surface area (Å²) in [6, 6.07) is 21.9. The van der Waals surface area contributed by atoms with E-state index in [1.807, 2.05) is 72.9 Å². The third kappa shape index (κ3) is 4.24. The van der Waals surface area contributed by atoms with Gasteiger partial charge in [0.15, 0.2) is 11.4 Å². The SMILES string of the molecule is C[C@H]1CN(c2noc3c(Nc4ccc(Cl)c(-c5ncc(-c6ccccc6)[nH]5)c4)cccc23)CCO1. The van der Waals surface area contributed by atoms with Crippen LogP contribution < -0.4 is 10.2 Å². The van der Waals surface area contributed by atoms with Crippen molar-refractivity contribution in [2.45, 2.75) is 13.0 Å². The minimum atomic E-state index is 0.160. The zero-order valence-electron chi connectivity index (χ0n) is 19.2. The van der Waals surface area contributed by atoms with Gasteiger partial charge in [0.25, 0.3) is 0 Å². The third-order valence-electron chi connectivity index (χ3n) is 6.18. The van der Waals surface area contributed by atoms with Crippen LogP contribution >= 0.6 is 11.6 Å². The molecule has 0 aliphatic carbocycles. The van der Waals surface area contributed by atoms with Crippen LogP contribution in [0.1, 0.15) is 6.92 Å². The van der Waals surface area contributed by atoms with Crippen LogP contribution in [0.15, 0.2) is 77.4 Å². The van der Waals surface area contributed by atoms with E-state index in [2.05, 4.69) is 32.3 Å². The molecule has 1 aliphatic rings. The molecule has 0 saturated carbocycles. The molecule has 1 aliphatic heterocycles. The van der Waals surface area contributed by atoms with E-state index in [1.54, 1.807) is 0 Å². The van der Waals surface area contributed by atoms with Gasteiger partial charge in [-0.15, -0.1) is 0 Å². The second-order valence-electron chi connectivity index (χ2n) is 8.65. The Morgan fingerprint density at radius 1 is 1.09 bits per heavy atom. The number of fused-ring (bicyclic) bond motifs is 1. The summed E-state index contributed by atoms with van der Waals surface area (Å²) >= 11 is 6.55. The summed E-state index contributed by atoms with van der Waals surface area (Å²) in [6.45, 7) is 4.33. The minimum absolute atomic E-state index is 0.160. The second kappa shape index (κ2) is 9.09. The molecule has 0 amide bonds. The summed E-state index contributed by atoms with van der Waals surface area (Å²) in [4.78, 5) is 10.2. The first-order chi connectivity index (χ1) is 17.2. The van der Waals surface area contributed by atoms with Crippen molar-refractivity contribution in [1.29, 1.82) is 0 Å². The highest BCUT2D eigenvalue weighted by Gasteiger charge is 2.23.